The highest BCUT2D eigenvalue weighted by molar-refractivity contribution is 6.28. The number of para-hydroxylation sites is 3. The van der Waals surface area contributed by atoms with Gasteiger partial charge in [-0.3, -0.25) is 0 Å². The molecule has 1 aromatic heterocycles. The van der Waals surface area contributed by atoms with Crippen LogP contribution in [0.4, 0.5) is 34.1 Å². The fourth-order valence-electron chi connectivity index (χ4n) is 9.47. The Balaban J connectivity index is 1.12. The predicted molar refractivity (Wildman–Crippen MR) is 246 cm³/mol. The first-order valence-electron chi connectivity index (χ1n) is 19.9. The van der Waals surface area contributed by atoms with Crippen LogP contribution in [0.15, 0.2) is 205 Å². The van der Waals surface area contributed by atoms with Crippen molar-refractivity contribution in [3.63, 3.8) is 0 Å². The topological polar surface area (TPSA) is 19.6 Å². The fourth-order valence-corrected chi connectivity index (χ4v) is 9.47. The van der Waals surface area contributed by atoms with Crippen LogP contribution in [0.1, 0.15) is 5.56 Å². The van der Waals surface area contributed by atoms with Gasteiger partial charge in [-0.2, -0.15) is 0 Å². The molecule has 0 aliphatic carbocycles. The van der Waals surface area contributed by atoms with Gasteiger partial charge in [0.05, 0.1) is 22.7 Å². The molecule has 0 N–H and O–H groups in total. The lowest BCUT2D eigenvalue weighted by Crippen LogP contribution is -2.13. The van der Waals surface area contributed by atoms with Crippen molar-refractivity contribution in [1.82, 2.24) is 0 Å². The van der Waals surface area contributed by atoms with Crippen molar-refractivity contribution < 1.29 is 4.42 Å². The maximum atomic E-state index is 6.58. The average Bonchev–Trinajstić information content (AvgIpc) is 3.67. The molecule has 272 valence electrons. The highest BCUT2D eigenvalue weighted by Crippen LogP contribution is 2.50. The molecule has 0 saturated heterocycles. The lowest BCUT2D eigenvalue weighted by molar-refractivity contribution is 0.669. The van der Waals surface area contributed by atoms with Gasteiger partial charge in [-0.1, -0.05) is 146 Å². The molecule has 0 aliphatic rings. The fraction of sp³-hybridized carbons (Fsp3) is 0.0182. The van der Waals surface area contributed by atoms with Crippen LogP contribution in [0.5, 0.6) is 0 Å². The largest absolute Gasteiger partial charge is 0.456 e. The second kappa shape index (κ2) is 12.7. The van der Waals surface area contributed by atoms with Gasteiger partial charge in [-0.05, 0) is 98.9 Å². The van der Waals surface area contributed by atoms with E-state index in [9.17, 15) is 0 Å². The molecule has 58 heavy (non-hydrogen) atoms. The Labute approximate surface area is 335 Å². The number of hydrogen-bond acceptors (Lipinski definition) is 3. The second-order valence-corrected chi connectivity index (χ2v) is 15.3. The van der Waals surface area contributed by atoms with E-state index >= 15 is 0 Å². The van der Waals surface area contributed by atoms with E-state index in [1.54, 1.807) is 0 Å². The molecule has 12 aromatic rings. The summed E-state index contributed by atoms with van der Waals surface area (Å²) < 4.78 is 6.58. The molecule has 1 heterocycles. The van der Waals surface area contributed by atoms with Gasteiger partial charge >= 0.3 is 0 Å². The number of nitrogens with zero attached hydrogens (tertiary/aromatic N) is 2. The Morgan fingerprint density at radius 2 is 0.914 bits per heavy atom. The minimum Gasteiger partial charge on any atom is -0.456 e. The van der Waals surface area contributed by atoms with E-state index in [-0.39, 0.29) is 0 Å². The average molecular weight is 741 g/mol. The molecular weight excluding hydrogens is 705 g/mol. The van der Waals surface area contributed by atoms with Gasteiger partial charge in [0.25, 0.3) is 0 Å². The lowest BCUT2D eigenvalue weighted by atomic mass is 9.91. The Morgan fingerprint density at radius 3 is 1.66 bits per heavy atom. The quantitative estimate of drug-likeness (QED) is 0.152. The number of anilines is 6. The third kappa shape index (κ3) is 4.87. The molecule has 0 amide bonds. The van der Waals surface area contributed by atoms with Crippen LogP contribution in [0, 0.1) is 6.92 Å². The Kier molecular flexibility index (Phi) is 7.14. The first-order chi connectivity index (χ1) is 28.7. The molecule has 0 saturated carbocycles. The van der Waals surface area contributed by atoms with Crippen LogP contribution in [0.2, 0.25) is 0 Å². The van der Waals surface area contributed by atoms with Crippen molar-refractivity contribution in [3.8, 4) is 11.1 Å². The first-order valence-corrected chi connectivity index (χ1v) is 19.9. The van der Waals surface area contributed by atoms with E-state index in [0.717, 1.165) is 45.3 Å². The van der Waals surface area contributed by atoms with Gasteiger partial charge in [-0.25, -0.2) is 0 Å². The minimum atomic E-state index is 0.898. The molecule has 3 nitrogen and oxygen atoms in total. The molecule has 0 spiro atoms. The van der Waals surface area contributed by atoms with Crippen LogP contribution in [-0.2, 0) is 0 Å². The van der Waals surface area contributed by atoms with Gasteiger partial charge in [0.1, 0.15) is 11.2 Å². The smallest absolute Gasteiger partial charge is 0.138 e. The summed E-state index contributed by atoms with van der Waals surface area (Å²) in [5, 5.41) is 12.1. The minimum absolute atomic E-state index is 0.898. The molecule has 0 radical (unpaired) electrons. The van der Waals surface area contributed by atoms with E-state index in [1.807, 2.05) is 0 Å². The van der Waals surface area contributed by atoms with Crippen LogP contribution in [0.3, 0.4) is 0 Å². The predicted octanol–water partition coefficient (Wildman–Crippen LogP) is 16.0. The SMILES string of the molecule is Cc1ccccc1N(c1ccccc1-c1ccccc1)c1ccc2ccc3c(N(c4ccccc4)c4cc5ccc6cccc7oc(c4)c5c67)ccc4ccc1c2c43. The van der Waals surface area contributed by atoms with Crippen LogP contribution >= 0.6 is 0 Å². The van der Waals surface area contributed by atoms with Gasteiger partial charge in [0, 0.05) is 44.5 Å². The lowest BCUT2D eigenvalue weighted by Gasteiger charge is -2.31. The van der Waals surface area contributed by atoms with Crippen molar-refractivity contribution in [1.29, 1.82) is 0 Å². The van der Waals surface area contributed by atoms with Crippen molar-refractivity contribution in [3.05, 3.63) is 206 Å². The van der Waals surface area contributed by atoms with Crippen LogP contribution in [-0.4, -0.2) is 0 Å². The molecule has 12 rings (SSSR count). The van der Waals surface area contributed by atoms with Crippen molar-refractivity contribution in [2.75, 3.05) is 9.80 Å². The third-order valence-corrected chi connectivity index (χ3v) is 12.0. The number of benzene rings is 11. The number of rotatable bonds is 7. The monoisotopic (exact) mass is 740 g/mol. The number of aryl methyl sites for hydroxylation is 1. The standard InChI is InChI=1S/C55H36N2O/c1-35-13-8-10-20-46(35)57(47-21-11-9-19-43(47)36-14-4-2-5-15-36)49-32-28-39-25-29-44-48(31-27-38-26-30-45(49)53(39)52(38)44)56(41-17-6-3-7-18-41)42-33-40-24-23-37-16-12-22-50-54(37)55(40)51(34-42)58-50/h2-34H,1H3. The van der Waals surface area contributed by atoms with Crippen LogP contribution < -0.4 is 9.80 Å². The summed E-state index contributed by atoms with van der Waals surface area (Å²) in [5.41, 5.74) is 12.1. The molecule has 0 bridgehead atoms. The highest BCUT2D eigenvalue weighted by atomic mass is 16.3. The molecule has 0 fully saturated rings. The highest BCUT2D eigenvalue weighted by Gasteiger charge is 2.25. The van der Waals surface area contributed by atoms with Crippen molar-refractivity contribution in [2.45, 2.75) is 6.92 Å². The summed E-state index contributed by atoms with van der Waals surface area (Å²) >= 11 is 0. The summed E-state index contributed by atoms with van der Waals surface area (Å²) in [7, 11) is 0. The summed E-state index contributed by atoms with van der Waals surface area (Å²) in [6.07, 6.45) is 0. The van der Waals surface area contributed by atoms with E-state index in [2.05, 4.69) is 217 Å². The molecule has 0 unspecified atom stereocenters. The van der Waals surface area contributed by atoms with E-state index in [0.29, 0.717) is 0 Å². The summed E-state index contributed by atoms with van der Waals surface area (Å²) in [6.45, 7) is 2.21. The zero-order valence-corrected chi connectivity index (χ0v) is 31.9. The van der Waals surface area contributed by atoms with Gasteiger partial charge in [0.15, 0.2) is 0 Å². The Hall–Kier alpha value is -7.62. The molecular formula is C55H36N2O. The molecule has 11 aromatic carbocycles. The van der Waals surface area contributed by atoms with Crippen molar-refractivity contribution >= 4 is 99.2 Å². The number of furan rings is 1. The van der Waals surface area contributed by atoms with Crippen molar-refractivity contribution in [2.24, 2.45) is 0 Å². The maximum Gasteiger partial charge on any atom is 0.138 e. The van der Waals surface area contributed by atoms with E-state index in [1.165, 1.54) is 70.6 Å². The molecule has 3 heteroatoms. The van der Waals surface area contributed by atoms with E-state index < -0.39 is 0 Å². The Morgan fingerprint density at radius 1 is 0.345 bits per heavy atom. The summed E-state index contributed by atoms with van der Waals surface area (Å²) in [5.74, 6) is 0. The van der Waals surface area contributed by atoms with Crippen LogP contribution in [0.25, 0.3) is 76.2 Å². The third-order valence-electron chi connectivity index (χ3n) is 12.0. The zero-order chi connectivity index (χ0) is 38.3. The van der Waals surface area contributed by atoms with E-state index in [4.69, 9.17) is 4.42 Å². The summed E-state index contributed by atoms with van der Waals surface area (Å²) in [4.78, 5) is 4.86. The van der Waals surface area contributed by atoms with Gasteiger partial charge in [-0.15, -0.1) is 0 Å². The first kappa shape index (κ1) is 32.6. The van der Waals surface area contributed by atoms with Gasteiger partial charge in [0.2, 0.25) is 0 Å². The molecule has 0 aliphatic heterocycles. The van der Waals surface area contributed by atoms with Gasteiger partial charge < -0.3 is 14.2 Å². The molecule has 0 atom stereocenters. The number of hydrogen-bond donors (Lipinski definition) is 0. The summed E-state index contributed by atoms with van der Waals surface area (Å²) in [6, 6.07) is 72.7. The zero-order valence-electron chi connectivity index (χ0n) is 31.9. The second-order valence-electron chi connectivity index (χ2n) is 15.3. The maximum absolute atomic E-state index is 6.58. The Bertz CT molecular complexity index is 3480. The normalized spacial score (nSPS) is 11.9.